The minimum atomic E-state index is -0.873. The zero-order chi connectivity index (χ0) is 15.0. The van der Waals surface area contributed by atoms with E-state index in [-0.39, 0.29) is 25.1 Å². The highest BCUT2D eigenvalue weighted by Crippen LogP contribution is 2.21. The van der Waals surface area contributed by atoms with Gasteiger partial charge in [0.1, 0.15) is 0 Å². The van der Waals surface area contributed by atoms with Crippen LogP contribution in [0.15, 0.2) is 0 Å². The first-order valence-electron chi connectivity index (χ1n) is 7.03. The van der Waals surface area contributed by atoms with Crippen molar-refractivity contribution in [1.29, 1.82) is 0 Å². The number of carbonyl (C=O) groups is 2. The van der Waals surface area contributed by atoms with Gasteiger partial charge in [0.05, 0.1) is 13.2 Å². The number of ether oxygens (including phenoxy) is 1. The lowest BCUT2D eigenvalue weighted by atomic mass is 9.90. The van der Waals surface area contributed by atoms with Gasteiger partial charge in [-0.3, -0.25) is 9.69 Å². The van der Waals surface area contributed by atoms with Crippen molar-refractivity contribution in [3.05, 3.63) is 0 Å². The first kappa shape index (κ1) is 16.7. The second-order valence-corrected chi connectivity index (χ2v) is 5.12. The van der Waals surface area contributed by atoms with Gasteiger partial charge in [-0.25, -0.2) is 4.79 Å². The molecule has 1 rings (SSSR count). The Morgan fingerprint density at radius 1 is 1.40 bits per heavy atom. The van der Waals surface area contributed by atoms with E-state index >= 15 is 0 Å². The number of carbonyl (C=O) groups excluding carboxylic acids is 1. The molecule has 0 aromatic rings. The van der Waals surface area contributed by atoms with E-state index in [4.69, 9.17) is 14.9 Å². The molecule has 0 aromatic carbocycles. The van der Waals surface area contributed by atoms with E-state index in [1.165, 1.54) is 0 Å². The van der Waals surface area contributed by atoms with Crippen molar-refractivity contribution in [2.24, 2.45) is 5.92 Å². The summed E-state index contributed by atoms with van der Waals surface area (Å²) in [6, 6.07) is -0.106. The minimum absolute atomic E-state index is 0.0311. The van der Waals surface area contributed by atoms with Crippen molar-refractivity contribution in [1.82, 2.24) is 10.2 Å². The lowest BCUT2D eigenvalue weighted by Crippen LogP contribution is -2.52. The van der Waals surface area contributed by atoms with Gasteiger partial charge in [-0.05, 0) is 32.1 Å². The summed E-state index contributed by atoms with van der Waals surface area (Å²) in [6.45, 7) is 3.35. The van der Waals surface area contributed by atoms with E-state index in [9.17, 15) is 9.59 Å². The third-order valence-electron chi connectivity index (χ3n) is 3.34. The van der Waals surface area contributed by atoms with Gasteiger partial charge < -0.3 is 20.3 Å². The molecule has 0 bridgehead atoms. The number of likely N-dealkylation sites (tertiary alicyclic amines) is 1. The van der Waals surface area contributed by atoms with Crippen molar-refractivity contribution in [2.75, 3.05) is 32.8 Å². The number of hydrogen-bond donors (Lipinski definition) is 3. The van der Waals surface area contributed by atoms with Gasteiger partial charge in [0.2, 0.25) is 0 Å². The summed E-state index contributed by atoms with van der Waals surface area (Å²) >= 11 is 0. The molecule has 20 heavy (non-hydrogen) atoms. The molecule has 2 unspecified atom stereocenters. The number of hydrogen-bond acceptors (Lipinski definition) is 5. The van der Waals surface area contributed by atoms with Gasteiger partial charge in [-0.2, -0.15) is 0 Å². The second kappa shape index (κ2) is 8.76. The van der Waals surface area contributed by atoms with Gasteiger partial charge in [0.15, 0.2) is 0 Å². The lowest BCUT2D eigenvalue weighted by molar-refractivity contribution is -0.138. The average Bonchev–Trinajstić information content (AvgIpc) is 2.35. The van der Waals surface area contributed by atoms with Crippen LogP contribution in [0.5, 0.6) is 0 Å². The highest BCUT2D eigenvalue weighted by atomic mass is 16.5. The first-order chi connectivity index (χ1) is 9.55. The van der Waals surface area contributed by atoms with Crippen LogP contribution in [0, 0.1) is 5.92 Å². The summed E-state index contributed by atoms with van der Waals surface area (Å²) < 4.78 is 4.85. The highest BCUT2D eigenvalue weighted by molar-refractivity contribution is 5.69. The molecule has 3 N–H and O–H groups in total. The third-order valence-corrected chi connectivity index (χ3v) is 3.34. The number of nitrogens with zero attached hydrogens (tertiary/aromatic N) is 1. The van der Waals surface area contributed by atoms with Gasteiger partial charge >= 0.3 is 12.1 Å². The Morgan fingerprint density at radius 3 is 2.75 bits per heavy atom. The Labute approximate surface area is 118 Å². The molecule has 2 atom stereocenters. The molecule has 0 spiro atoms. The number of piperidine rings is 1. The molecule has 1 fully saturated rings. The molecular formula is C13H24N2O5. The second-order valence-electron chi connectivity index (χ2n) is 5.12. The van der Waals surface area contributed by atoms with Crippen LogP contribution in [0.4, 0.5) is 4.79 Å². The number of nitrogens with one attached hydrogen (secondary N) is 1. The van der Waals surface area contributed by atoms with Crippen LogP contribution in [-0.2, 0) is 9.53 Å². The lowest BCUT2D eigenvalue weighted by Gasteiger charge is -2.37. The number of aliphatic carboxylic acids is 1. The zero-order valence-electron chi connectivity index (χ0n) is 11.9. The summed E-state index contributed by atoms with van der Waals surface area (Å²) in [7, 11) is 0. The number of rotatable bonds is 7. The van der Waals surface area contributed by atoms with E-state index in [1.807, 2.05) is 4.90 Å². The van der Waals surface area contributed by atoms with Crippen molar-refractivity contribution in [2.45, 2.75) is 32.2 Å². The molecular weight excluding hydrogens is 264 g/mol. The van der Waals surface area contributed by atoms with E-state index < -0.39 is 12.1 Å². The SMILES string of the molecule is CCOC(=O)NC1CC(CCCO)CN(CC(=O)O)C1. The molecule has 1 heterocycles. The van der Waals surface area contributed by atoms with Crippen molar-refractivity contribution in [3.8, 4) is 0 Å². The van der Waals surface area contributed by atoms with Crippen molar-refractivity contribution < 1.29 is 24.5 Å². The maximum Gasteiger partial charge on any atom is 0.407 e. The molecule has 7 heteroatoms. The normalized spacial score (nSPS) is 23.3. The van der Waals surface area contributed by atoms with Crippen molar-refractivity contribution >= 4 is 12.1 Å². The van der Waals surface area contributed by atoms with Gasteiger partial charge in [0.25, 0.3) is 0 Å². The van der Waals surface area contributed by atoms with Crippen LogP contribution < -0.4 is 5.32 Å². The molecule has 1 amide bonds. The fourth-order valence-electron chi connectivity index (χ4n) is 2.66. The zero-order valence-corrected chi connectivity index (χ0v) is 11.9. The van der Waals surface area contributed by atoms with Crippen LogP contribution in [0.25, 0.3) is 0 Å². The molecule has 1 saturated heterocycles. The Bertz CT molecular complexity index is 324. The van der Waals surface area contributed by atoms with Gasteiger partial charge in [-0.1, -0.05) is 0 Å². The highest BCUT2D eigenvalue weighted by Gasteiger charge is 2.29. The predicted molar refractivity (Wildman–Crippen MR) is 72.4 cm³/mol. The fraction of sp³-hybridized carbons (Fsp3) is 0.846. The summed E-state index contributed by atoms with van der Waals surface area (Å²) in [5.74, 6) is -0.593. The van der Waals surface area contributed by atoms with E-state index in [0.717, 1.165) is 12.8 Å². The maximum atomic E-state index is 11.5. The predicted octanol–water partition coefficient (Wildman–Crippen LogP) is 0.280. The van der Waals surface area contributed by atoms with Crippen LogP contribution >= 0.6 is 0 Å². The third kappa shape index (κ3) is 6.21. The Morgan fingerprint density at radius 2 is 2.15 bits per heavy atom. The standard InChI is InChI=1S/C13H24N2O5/c1-2-20-13(19)14-11-6-10(4-3-5-16)7-15(8-11)9-12(17)18/h10-11,16H,2-9H2,1H3,(H,14,19)(H,17,18). The maximum absolute atomic E-state index is 11.5. The molecule has 0 radical (unpaired) electrons. The number of amides is 1. The summed E-state index contributed by atoms with van der Waals surface area (Å²) in [4.78, 5) is 24.1. The summed E-state index contributed by atoms with van der Waals surface area (Å²) in [5.41, 5.74) is 0. The van der Waals surface area contributed by atoms with Gasteiger partial charge in [-0.15, -0.1) is 0 Å². The Hall–Kier alpha value is -1.34. The molecule has 1 aliphatic heterocycles. The first-order valence-corrected chi connectivity index (χ1v) is 7.03. The van der Waals surface area contributed by atoms with Crippen LogP contribution in [0.3, 0.4) is 0 Å². The number of aliphatic hydroxyl groups is 1. The van der Waals surface area contributed by atoms with Crippen LogP contribution in [-0.4, -0.2) is 66.1 Å². The van der Waals surface area contributed by atoms with Gasteiger partial charge in [0, 0.05) is 25.7 Å². The van der Waals surface area contributed by atoms with E-state index in [0.29, 0.717) is 26.1 Å². The van der Waals surface area contributed by atoms with Crippen LogP contribution in [0.2, 0.25) is 0 Å². The quantitative estimate of drug-likeness (QED) is 0.622. The van der Waals surface area contributed by atoms with Crippen LogP contribution in [0.1, 0.15) is 26.2 Å². The summed E-state index contributed by atoms with van der Waals surface area (Å²) in [6.07, 6.45) is 1.84. The van der Waals surface area contributed by atoms with E-state index in [1.54, 1.807) is 6.92 Å². The van der Waals surface area contributed by atoms with E-state index in [2.05, 4.69) is 5.32 Å². The Balaban J connectivity index is 2.54. The number of alkyl carbamates (subject to hydrolysis) is 1. The molecule has 116 valence electrons. The largest absolute Gasteiger partial charge is 0.480 e. The Kier molecular flexibility index (Phi) is 7.32. The van der Waals surface area contributed by atoms with Crippen molar-refractivity contribution in [3.63, 3.8) is 0 Å². The number of carboxylic acids is 1. The monoisotopic (exact) mass is 288 g/mol. The topological polar surface area (TPSA) is 99.1 Å². The summed E-state index contributed by atoms with van der Waals surface area (Å²) in [5, 5.41) is 20.5. The molecule has 0 saturated carbocycles. The molecule has 0 aliphatic carbocycles. The minimum Gasteiger partial charge on any atom is -0.480 e. The number of aliphatic hydroxyl groups excluding tert-OH is 1. The smallest absolute Gasteiger partial charge is 0.407 e. The average molecular weight is 288 g/mol. The number of carboxylic acid groups (broad SMARTS) is 1. The molecule has 7 nitrogen and oxygen atoms in total. The fourth-order valence-corrected chi connectivity index (χ4v) is 2.66. The molecule has 0 aromatic heterocycles. The molecule has 1 aliphatic rings.